The number of cyclic esters (lactones) is 1. The van der Waals surface area contributed by atoms with Gasteiger partial charge in [0.1, 0.15) is 24.4 Å². The van der Waals surface area contributed by atoms with Crippen LogP contribution in [0.25, 0.3) is 0 Å². The Morgan fingerprint density at radius 3 is 2.22 bits per heavy atom. The Hall–Kier alpha value is -4.19. The Bertz CT molecular complexity index is 1950. The molecule has 0 bridgehead atoms. The van der Waals surface area contributed by atoms with Crippen molar-refractivity contribution < 1.29 is 62.7 Å². The SMILES string of the molecule is COc1cc(C2c3cc4c(cc3C(OC3OC5COC(C)OC5C(O)C3O)C3COC(=O)C23)OCO4)cc(OC)c1O.NC1CCC(NC2CC2c2ccccc2)CC1. The zero-order valence-corrected chi connectivity index (χ0v) is 33.4. The zero-order valence-electron chi connectivity index (χ0n) is 33.4. The summed E-state index contributed by atoms with van der Waals surface area (Å²) in [5.41, 5.74) is 9.45. The number of methoxy groups -OCH3 is 2. The molecule has 15 heteroatoms. The van der Waals surface area contributed by atoms with E-state index in [-0.39, 0.29) is 37.3 Å². The molecule has 6 N–H and O–H groups in total. The lowest BCUT2D eigenvalue weighted by molar-refractivity contribution is -0.364. The summed E-state index contributed by atoms with van der Waals surface area (Å²) in [5, 5.41) is 36.3. The maximum Gasteiger partial charge on any atom is 0.310 e. The molecule has 3 aliphatic carbocycles. The van der Waals surface area contributed by atoms with Crippen molar-refractivity contribution in [2.75, 3.05) is 34.2 Å². The molecule has 0 spiro atoms. The first-order valence-corrected chi connectivity index (χ1v) is 20.7. The standard InChI is InChI=1S/C29H32O13.C15H22N2/c1-11-36-9-20-27(40-11)24(31)25(32)29(41-20)42-26-14-7-17-16(38-10-39-17)6-13(14)21(22-15(26)8-37-28(22)33)12-4-18(34-2)23(30)19(5-12)35-3;16-12-6-8-13(9-7-12)17-15-10-14(15)11-4-2-1-3-5-11/h4-7,11,15,20-22,24-27,29-32H,8-10H2,1-3H3;1-5,12-15,17H,6-10,16H2. The second-order valence-electron chi connectivity index (χ2n) is 16.6. The first-order valence-electron chi connectivity index (χ1n) is 20.7. The van der Waals surface area contributed by atoms with Crippen LogP contribution in [0.15, 0.2) is 54.6 Å². The lowest BCUT2D eigenvalue weighted by Gasteiger charge is -2.47. The van der Waals surface area contributed by atoms with Crippen LogP contribution in [0.1, 0.15) is 79.2 Å². The van der Waals surface area contributed by atoms with E-state index < -0.39 is 66.8 Å². The van der Waals surface area contributed by atoms with Crippen LogP contribution in [0.2, 0.25) is 0 Å². The summed E-state index contributed by atoms with van der Waals surface area (Å²) < 4.78 is 51.5. The molecule has 0 amide bonds. The quantitative estimate of drug-likeness (QED) is 0.206. The number of aliphatic hydroxyl groups excluding tert-OH is 2. The summed E-state index contributed by atoms with van der Waals surface area (Å²) >= 11 is 0. The lowest BCUT2D eigenvalue weighted by Crippen LogP contribution is -2.63. The van der Waals surface area contributed by atoms with Crippen LogP contribution in [0, 0.1) is 11.8 Å². The van der Waals surface area contributed by atoms with Gasteiger partial charge in [0.25, 0.3) is 0 Å². The van der Waals surface area contributed by atoms with Crippen molar-refractivity contribution in [1.29, 1.82) is 0 Å². The predicted octanol–water partition coefficient (Wildman–Crippen LogP) is 3.74. The van der Waals surface area contributed by atoms with E-state index in [1.54, 1.807) is 31.2 Å². The highest BCUT2D eigenvalue weighted by Crippen LogP contribution is 2.57. The number of phenolic OH excluding ortho intramolecular Hbond substituents is 1. The molecule has 2 saturated carbocycles. The van der Waals surface area contributed by atoms with Crippen LogP contribution in [0.5, 0.6) is 28.7 Å². The summed E-state index contributed by atoms with van der Waals surface area (Å²) in [4.78, 5) is 13.4. The fourth-order valence-electron chi connectivity index (χ4n) is 9.77. The Morgan fingerprint density at radius 1 is 0.831 bits per heavy atom. The van der Waals surface area contributed by atoms with Gasteiger partial charge in [-0.2, -0.15) is 0 Å². The highest BCUT2D eigenvalue weighted by atomic mass is 16.8. The Morgan fingerprint density at radius 2 is 1.53 bits per heavy atom. The molecule has 3 saturated heterocycles. The van der Waals surface area contributed by atoms with E-state index in [0.717, 1.165) is 12.0 Å². The van der Waals surface area contributed by atoms with Gasteiger partial charge in [0.05, 0.1) is 39.5 Å². The van der Waals surface area contributed by atoms with Crippen LogP contribution in [-0.2, 0) is 28.5 Å². The van der Waals surface area contributed by atoms with E-state index in [4.69, 9.17) is 48.4 Å². The molecule has 0 radical (unpaired) electrons. The van der Waals surface area contributed by atoms with Crippen LogP contribution in [0.4, 0.5) is 0 Å². The summed E-state index contributed by atoms with van der Waals surface area (Å²) in [6.45, 7) is 1.93. The van der Waals surface area contributed by atoms with Crippen LogP contribution in [0.3, 0.4) is 0 Å². The number of aromatic hydroxyl groups is 1. The maximum atomic E-state index is 13.4. The number of carbonyl (C=O) groups is 1. The van der Waals surface area contributed by atoms with Crippen molar-refractivity contribution in [3.05, 3.63) is 76.9 Å². The lowest BCUT2D eigenvalue weighted by atomic mass is 9.66. The summed E-state index contributed by atoms with van der Waals surface area (Å²) in [6.07, 6.45) is -0.569. The van der Waals surface area contributed by atoms with E-state index in [1.807, 2.05) is 0 Å². The van der Waals surface area contributed by atoms with Crippen LogP contribution in [-0.4, -0.2) is 111 Å². The fourth-order valence-corrected chi connectivity index (χ4v) is 9.77. The first kappa shape index (κ1) is 40.2. The minimum atomic E-state index is -1.44. The molecule has 15 nitrogen and oxygen atoms in total. The van der Waals surface area contributed by atoms with Gasteiger partial charge in [-0.3, -0.25) is 4.79 Å². The largest absolute Gasteiger partial charge is 0.502 e. The number of rotatable bonds is 8. The number of nitrogens with one attached hydrogen (secondary N) is 1. The van der Waals surface area contributed by atoms with Crippen molar-refractivity contribution in [3.63, 3.8) is 0 Å². The highest BCUT2D eigenvalue weighted by molar-refractivity contribution is 5.79. The second-order valence-corrected chi connectivity index (χ2v) is 16.6. The molecule has 3 aromatic rings. The monoisotopic (exact) mass is 818 g/mol. The zero-order chi connectivity index (χ0) is 40.9. The molecule has 59 heavy (non-hydrogen) atoms. The molecule has 0 aromatic heterocycles. The molecular weight excluding hydrogens is 764 g/mol. The molecule has 10 rings (SSSR count). The number of nitrogens with two attached hydrogens (primary N) is 1. The molecule has 3 aromatic carbocycles. The number of hydrogen-bond acceptors (Lipinski definition) is 15. The average Bonchev–Trinajstić information content (AvgIpc) is 3.68. The smallest absolute Gasteiger partial charge is 0.310 e. The molecule has 12 unspecified atom stereocenters. The number of fused-ring (bicyclic) bond motifs is 4. The molecule has 4 heterocycles. The van der Waals surface area contributed by atoms with E-state index in [2.05, 4.69) is 35.6 Å². The minimum Gasteiger partial charge on any atom is -0.502 e. The van der Waals surface area contributed by atoms with E-state index >= 15 is 0 Å². The van der Waals surface area contributed by atoms with Gasteiger partial charge >= 0.3 is 5.97 Å². The Labute approximate surface area is 342 Å². The number of carbonyl (C=O) groups excluding carboxylic acids is 1. The molecule has 4 aliphatic heterocycles. The van der Waals surface area contributed by atoms with Crippen molar-refractivity contribution in [1.82, 2.24) is 5.32 Å². The normalized spacial score (nSPS) is 36.5. The fraction of sp³-hybridized carbons (Fsp3) is 0.568. The first-order chi connectivity index (χ1) is 28.6. The molecule has 12 atom stereocenters. The molecular formula is C44H54N2O13. The number of ether oxygens (including phenoxy) is 9. The minimum absolute atomic E-state index is 0.0301. The van der Waals surface area contributed by atoms with Crippen molar-refractivity contribution in [2.45, 2.75) is 112 Å². The predicted molar refractivity (Wildman–Crippen MR) is 209 cm³/mol. The number of phenols is 1. The van der Waals surface area contributed by atoms with Gasteiger partial charge in [0.15, 0.2) is 35.6 Å². The molecule has 7 aliphatic rings. The number of esters is 1. The number of hydrogen-bond donors (Lipinski definition) is 5. The van der Waals surface area contributed by atoms with Crippen molar-refractivity contribution in [2.24, 2.45) is 17.6 Å². The van der Waals surface area contributed by atoms with Gasteiger partial charge in [0.2, 0.25) is 12.5 Å². The third kappa shape index (κ3) is 7.83. The van der Waals surface area contributed by atoms with E-state index in [0.29, 0.717) is 40.3 Å². The molecule has 318 valence electrons. The Balaban J connectivity index is 0.000000219. The van der Waals surface area contributed by atoms with Crippen molar-refractivity contribution >= 4 is 5.97 Å². The average molecular weight is 819 g/mol. The van der Waals surface area contributed by atoms with Gasteiger partial charge < -0.3 is 69.0 Å². The van der Waals surface area contributed by atoms with Gasteiger partial charge in [-0.1, -0.05) is 30.3 Å². The Kier molecular flexibility index (Phi) is 11.4. The van der Waals surface area contributed by atoms with Crippen molar-refractivity contribution in [3.8, 4) is 28.7 Å². The van der Waals surface area contributed by atoms with Gasteiger partial charge in [-0.15, -0.1) is 0 Å². The summed E-state index contributed by atoms with van der Waals surface area (Å²) in [5.74, 6) is -0.269. The van der Waals surface area contributed by atoms with E-state index in [1.165, 1.54) is 51.9 Å². The maximum absolute atomic E-state index is 13.4. The van der Waals surface area contributed by atoms with Gasteiger partial charge in [0, 0.05) is 35.9 Å². The third-order valence-corrected chi connectivity index (χ3v) is 13.0. The van der Waals surface area contributed by atoms with Gasteiger partial charge in [-0.05, 0) is 85.5 Å². The number of benzene rings is 3. The summed E-state index contributed by atoms with van der Waals surface area (Å²) in [7, 11) is 2.86. The van der Waals surface area contributed by atoms with Crippen LogP contribution >= 0.6 is 0 Å². The second kappa shape index (κ2) is 16.7. The van der Waals surface area contributed by atoms with Crippen LogP contribution < -0.4 is 30.0 Å². The number of aliphatic hydroxyl groups is 2. The topological polar surface area (TPSA) is 199 Å². The van der Waals surface area contributed by atoms with Gasteiger partial charge in [-0.25, -0.2) is 0 Å². The third-order valence-electron chi connectivity index (χ3n) is 13.0. The molecule has 5 fully saturated rings. The highest BCUT2D eigenvalue weighted by Gasteiger charge is 2.56. The summed E-state index contributed by atoms with van der Waals surface area (Å²) in [6, 6.07) is 19.7. The van der Waals surface area contributed by atoms with E-state index in [9.17, 15) is 20.1 Å².